The molecule has 1 amide bonds. The van der Waals surface area contributed by atoms with Gasteiger partial charge in [-0.25, -0.2) is 0 Å². The van der Waals surface area contributed by atoms with Crippen LogP contribution in [0.15, 0.2) is 29.3 Å². The Labute approximate surface area is 93.2 Å². The van der Waals surface area contributed by atoms with Crippen molar-refractivity contribution in [3.05, 3.63) is 29.8 Å². The molecule has 1 aromatic carbocycles. The van der Waals surface area contributed by atoms with Gasteiger partial charge in [0.25, 0.3) is 5.91 Å². The molecule has 0 aromatic heterocycles. The van der Waals surface area contributed by atoms with Gasteiger partial charge in [-0.15, -0.1) is 0 Å². The summed E-state index contributed by atoms with van der Waals surface area (Å²) < 4.78 is 0. The van der Waals surface area contributed by atoms with E-state index < -0.39 is 6.10 Å². The van der Waals surface area contributed by atoms with Gasteiger partial charge in [0.2, 0.25) is 0 Å². The van der Waals surface area contributed by atoms with Crippen molar-refractivity contribution in [1.29, 1.82) is 0 Å². The van der Waals surface area contributed by atoms with Crippen molar-refractivity contribution >= 4 is 17.8 Å². The van der Waals surface area contributed by atoms with Crippen molar-refractivity contribution in [2.75, 3.05) is 6.54 Å². The van der Waals surface area contributed by atoms with Gasteiger partial charge in [0.1, 0.15) is 0 Å². The summed E-state index contributed by atoms with van der Waals surface area (Å²) in [6, 6.07) is 7.26. The summed E-state index contributed by atoms with van der Waals surface area (Å²) >= 11 is 0. The van der Waals surface area contributed by atoms with Crippen molar-refractivity contribution in [2.24, 2.45) is 4.99 Å². The van der Waals surface area contributed by atoms with Gasteiger partial charge in [0, 0.05) is 19.2 Å². The largest absolute Gasteiger partial charge is 0.391 e. The average molecular weight is 216 g/mol. The van der Waals surface area contributed by atoms with Crippen LogP contribution in [-0.4, -0.2) is 40.8 Å². The highest BCUT2D eigenvalue weighted by molar-refractivity contribution is 6.02. The highest BCUT2D eigenvalue weighted by Crippen LogP contribution is 2.28. The van der Waals surface area contributed by atoms with Crippen LogP contribution in [0.4, 0.5) is 5.69 Å². The molecule has 1 saturated heterocycles. The van der Waals surface area contributed by atoms with Crippen LogP contribution in [0.5, 0.6) is 0 Å². The molecule has 0 saturated carbocycles. The minimum absolute atomic E-state index is 0.0327. The molecule has 2 atom stereocenters. The minimum Gasteiger partial charge on any atom is -0.391 e. The number of carbonyl (C=O) groups is 1. The molecule has 0 unspecified atom stereocenters. The van der Waals surface area contributed by atoms with Gasteiger partial charge < -0.3 is 10.0 Å². The normalized spacial score (nSPS) is 27.6. The fourth-order valence-corrected chi connectivity index (χ4v) is 2.31. The molecule has 0 spiro atoms. The first-order chi connectivity index (χ1) is 7.75. The third-order valence-electron chi connectivity index (χ3n) is 3.10. The summed E-state index contributed by atoms with van der Waals surface area (Å²) in [5.41, 5.74) is 1.34. The number of nitrogens with zero attached hydrogens (tertiary/aromatic N) is 2. The Morgan fingerprint density at radius 3 is 3.06 bits per heavy atom. The topological polar surface area (TPSA) is 52.9 Å². The lowest BCUT2D eigenvalue weighted by Crippen LogP contribution is -2.35. The maximum absolute atomic E-state index is 12.2. The number of amides is 1. The lowest BCUT2D eigenvalue weighted by Gasteiger charge is -2.19. The number of benzene rings is 1. The van der Waals surface area contributed by atoms with E-state index in [1.165, 1.54) is 0 Å². The third-order valence-corrected chi connectivity index (χ3v) is 3.10. The number of fused-ring (bicyclic) bond motifs is 2. The summed E-state index contributed by atoms with van der Waals surface area (Å²) in [7, 11) is 0. The van der Waals surface area contributed by atoms with Crippen LogP contribution >= 0.6 is 0 Å². The predicted molar refractivity (Wildman–Crippen MR) is 60.0 cm³/mol. The lowest BCUT2D eigenvalue weighted by molar-refractivity contribution is 0.0750. The van der Waals surface area contributed by atoms with Crippen LogP contribution in [0, 0.1) is 0 Å². The Morgan fingerprint density at radius 2 is 2.19 bits per heavy atom. The van der Waals surface area contributed by atoms with Gasteiger partial charge in [-0.3, -0.25) is 9.79 Å². The van der Waals surface area contributed by atoms with Gasteiger partial charge in [-0.2, -0.15) is 0 Å². The van der Waals surface area contributed by atoms with Crippen molar-refractivity contribution in [1.82, 2.24) is 4.90 Å². The highest BCUT2D eigenvalue weighted by atomic mass is 16.3. The molecule has 16 heavy (non-hydrogen) atoms. The molecule has 0 radical (unpaired) electrons. The Morgan fingerprint density at radius 1 is 1.38 bits per heavy atom. The maximum atomic E-state index is 12.2. The fourth-order valence-electron chi connectivity index (χ4n) is 2.31. The molecule has 3 rings (SSSR count). The summed E-state index contributed by atoms with van der Waals surface area (Å²) in [6.45, 7) is 0.407. The van der Waals surface area contributed by atoms with Crippen LogP contribution in [-0.2, 0) is 0 Å². The maximum Gasteiger partial charge on any atom is 0.256 e. The molecule has 4 nitrogen and oxygen atoms in total. The predicted octanol–water partition coefficient (Wildman–Crippen LogP) is 0.978. The monoisotopic (exact) mass is 216 g/mol. The smallest absolute Gasteiger partial charge is 0.256 e. The number of aliphatic imine (C=N–C) groups is 1. The lowest BCUT2D eigenvalue weighted by atomic mass is 10.1. The van der Waals surface area contributed by atoms with E-state index in [9.17, 15) is 9.90 Å². The number of aliphatic hydroxyl groups is 1. The fraction of sp³-hybridized carbons (Fsp3) is 0.333. The molecule has 2 aliphatic heterocycles. The van der Waals surface area contributed by atoms with E-state index in [0.717, 1.165) is 5.69 Å². The first-order valence-corrected chi connectivity index (χ1v) is 5.38. The van der Waals surface area contributed by atoms with E-state index >= 15 is 0 Å². The van der Waals surface area contributed by atoms with Crippen LogP contribution in [0.25, 0.3) is 0 Å². The molecule has 1 N–H and O–H groups in total. The van der Waals surface area contributed by atoms with Crippen molar-refractivity contribution in [3.8, 4) is 0 Å². The van der Waals surface area contributed by atoms with Gasteiger partial charge in [-0.05, 0) is 12.1 Å². The second kappa shape index (κ2) is 3.42. The van der Waals surface area contributed by atoms with Gasteiger partial charge in [-0.1, -0.05) is 12.1 Å². The number of hydrogen-bond donors (Lipinski definition) is 1. The quantitative estimate of drug-likeness (QED) is 0.702. The second-order valence-electron chi connectivity index (χ2n) is 4.21. The van der Waals surface area contributed by atoms with Crippen molar-refractivity contribution in [2.45, 2.75) is 18.6 Å². The van der Waals surface area contributed by atoms with E-state index in [1.807, 2.05) is 18.2 Å². The van der Waals surface area contributed by atoms with E-state index in [0.29, 0.717) is 18.5 Å². The zero-order valence-corrected chi connectivity index (χ0v) is 8.71. The second-order valence-corrected chi connectivity index (χ2v) is 4.21. The summed E-state index contributed by atoms with van der Waals surface area (Å²) in [6.07, 6.45) is 1.93. The summed E-state index contributed by atoms with van der Waals surface area (Å²) in [5, 5.41) is 9.56. The number of carbonyl (C=O) groups excluding carboxylic acids is 1. The molecular formula is C12H12N2O2. The van der Waals surface area contributed by atoms with E-state index in [4.69, 9.17) is 0 Å². The Hall–Kier alpha value is -1.68. The molecule has 0 bridgehead atoms. The standard InChI is InChI=1S/C12H12N2O2/c15-9-5-8-6-13-11-4-2-1-3-10(11)12(16)14(8)7-9/h1-4,6,8-9,15H,5,7H2/t8-,9+/m0/s1. The molecule has 1 fully saturated rings. The minimum atomic E-state index is -0.425. The number of aliphatic hydroxyl groups excluding tert-OH is 1. The van der Waals surface area contributed by atoms with Crippen LogP contribution in [0.1, 0.15) is 16.8 Å². The van der Waals surface area contributed by atoms with Crippen molar-refractivity contribution in [3.63, 3.8) is 0 Å². The van der Waals surface area contributed by atoms with E-state index in [1.54, 1.807) is 17.2 Å². The van der Waals surface area contributed by atoms with Crippen LogP contribution < -0.4 is 0 Å². The third kappa shape index (κ3) is 1.34. The Kier molecular flexibility index (Phi) is 2.04. The van der Waals surface area contributed by atoms with Gasteiger partial charge >= 0.3 is 0 Å². The molecule has 2 aliphatic rings. The molecule has 0 aliphatic carbocycles. The van der Waals surface area contributed by atoms with E-state index in [-0.39, 0.29) is 11.9 Å². The van der Waals surface area contributed by atoms with Crippen LogP contribution in [0.3, 0.4) is 0 Å². The molecule has 4 heteroatoms. The summed E-state index contributed by atoms with van der Waals surface area (Å²) in [4.78, 5) is 18.2. The average Bonchev–Trinajstić information content (AvgIpc) is 2.62. The number of hydrogen-bond acceptors (Lipinski definition) is 3. The molecule has 1 aromatic rings. The van der Waals surface area contributed by atoms with E-state index in [2.05, 4.69) is 4.99 Å². The zero-order chi connectivity index (χ0) is 11.1. The van der Waals surface area contributed by atoms with Gasteiger partial charge in [0.05, 0.1) is 23.4 Å². The number of para-hydroxylation sites is 1. The first kappa shape index (κ1) is 9.54. The molecule has 2 heterocycles. The number of rotatable bonds is 0. The first-order valence-electron chi connectivity index (χ1n) is 5.38. The zero-order valence-electron chi connectivity index (χ0n) is 8.71. The van der Waals surface area contributed by atoms with Crippen molar-refractivity contribution < 1.29 is 9.90 Å². The van der Waals surface area contributed by atoms with Gasteiger partial charge in [0.15, 0.2) is 0 Å². The Bertz CT molecular complexity index is 470. The SMILES string of the molecule is O=C1c2ccccc2N=C[C@@H]2C[C@@H](O)CN12. The highest BCUT2D eigenvalue weighted by Gasteiger charge is 2.35. The Balaban J connectivity index is 2.07. The summed E-state index contributed by atoms with van der Waals surface area (Å²) in [5.74, 6) is -0.0327. The molecule has 82 valence electrons. The molecular weight excluding hydrogens is 204 g/mol. The van der Waals surface area contributed by atoms with Crippen LogP contribution in [0.2, 0.25) is 0 Å².